The molecule has 0 aliphatic carbocycles. The predicted octanol–water partition coefficient (Wildman–Crippen LogP) is 6.65. The lowest BCUT2D eigenvalue weighted by Crippen LogP contribution is -2.56. The van der Waals surface area contributed by atoms with E-state index in [1.54, 1.807) is 24.3 Å². The molecular formula is C34H34Cl2N4O6S. The van der Waals surface area contributed by atoms with Crippen LogP contribution < -0.4 is 9.62 Å². The monoisotopic (exact) mass is 696 g/mol. The van der Waals surface area contributed by atoms with Crippen molar-refractivity contribution in [2.24, 2.45) is 0 Å². The summed E-state index contributed by atoms with van der Waals surface area (Å²) >= 11 is 12.5. The lowest BCUT2D eigenvalue weighted by atomic mass is 10.0. The average Bonchev–Trinajstić information content (AvgIpc) is 3.03. The maximum absolute atomic E-state index is 14.5. The fraction of sp³-hybridized carbons (Fsp3) is 0.235. The van der Waals surface area contributed by atoms with Crippen LogP contribution in [0.15, 0.2) is 108 Å². The second-order valence-electron chi connectivity index (χ2n) is 11.8. The Morgan fingerprint density at radius 1 is 0.851 bits per heavy atom. The first-order valence-electron chi connectivity index (χ1n) is 14.6. The van der Waals surface area contributed by atoms with Gasteiger partial charge in [0, 0.05) is 30.6 Å². The molecule has 0 saturated heterocycles. The van der Waals surface area contributed by atoms with Crippen molar-refractivity contribution < 1.29 is 22.9 Å². The third-order valence-corrected chi connectivity index (χ3v) is 9.57. The largest absolute Gasteiger partial charge is 0.350 e. The highest BCUT2D eigenvalue weighted by atomic mass is 35.5. The maximum Gasteiger partial charge on any atom is 0.271 e. The van der Waals surface area contributed by atoms with Crippen LogP contribution >= 0.6 is 23.2 Å². The molecule has 13 heteroatoms. The minimum absolute atomic E-state index is 0.0929. The van der Waals surface area contributed by atoms with Gasteiger partial charge in [0.1, 0.15) is 12.6 Å². The quantitative estimate of drug-likeness (QED) is 0.130. The molecular weight excluding hydrogens is 663 g/mol. The minimum Gasteiger partial charge on any atom is -0.350 e. The molecule has 1 N–H and O–H groups in total. The standard InChI is InChI=1S/C34H34Cl2N4O6S/c1-34(2,3)37-33(42)31(20-24-11-6-4-7-12-24)38(22-25-17-18-29(35)30(36)19-25)32(41)23-39(26-13-10-14-27(21-26)40(43)44)47(45,46)28-15-8-5-9-16-28/h4-19,21,31H,20,22-23H2,1-3H3,(H,37,42). The SMILES string of the molecule is CC(C)(C)NC(=O)C(Cc1ccccc1)N(Cc1ccc(Cl)c(Cl)c1)C(=O)CN(c1cccc([N+](=O)[O-])c1)S(=O)(=O)c1ccccc1. The van der Waals surface area contributed by atoms with Crippen molar-refractivity contribution in [2.75, 3.05) is 10.8 Å². The van der Waals surface area contributed by atoms with Crippen LogP contribution in [0.4, 0.5) is 11.4 Å². The van der Waals surface area contributed by atoms with E-state index >= 15 is 0 Å². The van der Waals surface area contributed by atoms with Gasteiger partial charge in [-0.25, -0.2) is 8.42 Å². The van der Waals surface area contributed by atoms with E-state index in [4.69, 9.17) is 23.2 Å². The molecule has 0 fully saturated rings. The van der Waals surface area contributed by atoms with Crippen molar-refractivity contribution in [1.82, 2.24) is 10.2 Å². The van der Waals surface area contributed by atoms with E-state index in [1.165, 1.54) is 47.4 Å². The number of nitro groups is 1. The highest BCUT2D eigenvalue weighted by Gasteiger charge is 2.36. The van der Waals surface area contributed by atoms with Gasteiger partial charge in [0.05, 0.1) is 25.6 Å². The molecule has 1 atom stereocenters. The van der Waals surface area contributed by atoms with Crippen molar-refractivity contribution in [3.8, 4) is 0 Å². The smallest absolute Gasteiger partial charge is 0.271 e. The first-order chi connectivity index (χ1) is 22.2. The van der Waals surface area contributed by atoms with E-state index in [9.17, 15) is 28.1 Å². The highest BCUT2D eigenvalue weighted by Crippen LogP contribution is 2.29. The fourth-order valence-corrected chi connectivity index (χ4v) is 6.60. The van der Waals surface area contributed by atoms with Crippen LogP contribution in [0.1, 0.15) is 31.9 Å². The number of hydrogen-bond donors (Lipinski definition) is 1. The highest BCUT2D eigenvalue weighted by molar-refractivity contribution is 7.92. The Labute approximate surface area is 284 Å². The molecule has 0 aliphatic heterocycles. The maximum atomic E-state index is 14.5. The van der Waals surface area contributed by atoms with E-state index in [2.05, 4.69) is 5.32 Å². The van der Waals surface area contributed by atoms with Crippen LogP contribution in [-0.2, 0) is 32.6 Å². The number of rotatable bonds is 12. The molecule has 0 radical (unpaired) electrons. The summed E-state index contributed by atoms with van der Waals surface area (Å²) in [5, 5.41) is 15.1. The van der Waals surface area contributed by atoms with Gasteiger partial charge in [-0.1, -0.05) is 83.9 Å². The number of hydrogen-bond acceptors (Lipinski definition) is 6. The number of sulfonamides is 1. The van der Waals surface area contributed by atoms with Gasteiger partial charge in [0.15, 0.2) is 0 Å². The Bertz CT molecular complexity index is 1850. The van der Waals surface area contributed by atoms with E-state index < -0.39 is 44.9 Å². The van der Waals surface area contributed by atoms with Gasteiger partial charge in [-0.3, -0.25) is 24.0 Å². The molecule has 246 valence electrons. The number of carbonyl (C=O) groups is 2. The molecule has 0 heterocycles. The van der Waals surface area contributed by atoms with E-state index in [0.29, 0.717) is 10.6 Å². The van der Waals surface area contributed by atoms with Crippen LogP contribution in [0.25, 0.3) is 0 Å². The molecule has 2 amide bonds. The Balaban J connectivity index is 1.85. The topological polar surface area (TPSA) is 130 Å². The summed E-state index contributed by atoms with van der Waals surface area (Å²) in [6, 6.07) is 25.3. The normalized spacial score (nSPS) is 12.2. The molecule has 47 heavy (non-hydrogen) atoms. The first kappa shape index (κ1) is 35.4. The summed E-state index contributed by atoms with van der Waals surface area (Å²) in [7, 11) is -4.42. The van der Waals surface area contributed by atoms with E-state index in [-0.39, 0.29) is 34.3 Å². The van der Waals surface area contributed by atoms with Crippen LogP contribution in [-0.4, -0.2) is 48.2 Å². The second-order valence-corrected chi connectivity index (χ2v) is 14.5. The number of nitrogens with zero attached hydrogens (tertiary/aromatic N) is 3. The molecule has 0 spiro atoms. The Hall–Kier alpha value is -4.45. The Morgan fingerprint density at radius 3 is 2.09 bits per heavy atom. The molecule has 0 saturated carbocycles. The van der Waals surface area contributed by atoms with Crippen LogP contribution in [0.2, 0.25) is 10.0 Å². The first-order valence-corrected chi connectivity index (χ1v) is 16.8. The number of anilines is 1. The molecule has 0 bridgehead atoms. The summed E-state index contributed by atoms with van der Waals surface area (Å²) in [4.78, 5) is 40.6. The van der Waals surface area contributed by atoms with Crippen molar-refractivity contribution in [3.05, 3.63) is 134 Å². The van der Waals surface area contributed by atoms with E-state index in [0.717, 1.165) is 15.9 Å². The predicted molar refractivity (Wildman–Crippen MR) is 183 cm³/mol. The Kier molecular flexibility index (Phi) is 11.3. The zero-order valence-corrected chi connectivity index (χ0v) is 28.3. The molecule has 0 aliphatic rings. The van der Waals surface area contributed by atoms with Gasteiger partial charge in [0.2, 0.25) is 11.8 Å². The molecule has 4 rings (SSSR count). The van der Waals surface area contributed by atoms with Crippen molar-refractivity contribution in [1.29, 1.82) is 0 Å². The number of carbonyl (C=O) groups excluding carboxylic acids is 2. The summed E-state index contributed by atoms with van der Waals surface area (Å²) in [6.07, 6.45) is 0.109. The van der Waals surface area contributed by atoms with Gasteiger partial charge in [-0.2, -0.15) is 0 Å². The Morgan fingerprint density at radius 2 is 1.49 bits per heavy atom. The lowest BCUT2D eigenvalue weighted by Gasteiger charge is -2.35. The lowest BCUT2D eigenvalue weighted by molar-refractivity contribution is -0.384. The molecule has 1 unspecified atom stereocenters. The summed E-state index contributed by atoms with van der Waals surface area (Å²) in [6.45, 7) is 4.54. The second kappa shape index (κ2) is 15.0. The molecule has 4 aromatic carbocycles. The van der Waals surface area contributed by atoms with Crippen molar-refractivity contribution in [2.45, 2.75) is 50.2 Å². The van der Waals surface area contributed by atoms with Crippen LogP contribution in [0.5, 0.6) is 0 Å². The molecule has 4 aromatic rings. The number of amides is 2. The third kappa shape index (κ3) is 9.31. The minimum atomic E-state index is -4.42. The molecule has 10 nitrogen and oxygen atoms in total. The average molecular weight is 698 g/mol. The zero-order chi connectivity index (χ0) is 34.4. The fourth-order valence-electron chi connectivity index (χ4n) is 4.85. The van der Waals surface area contributed by atoms with Crippen LogP contribution in [0, 0.1) is 10.1 Å². The molecule has 0 aromatic heterocycles. The van der Waals surface area contributed by atoms with Gasteiger partial charge >= 0.3 is 0 Å². The number of nitro benzene ring substituents is 1. The van der Waals surface area contributed by atoms with Crippen molar-refractivity contribution in [3.63, 3.8) is 0 Å². The van der Waals surface area contributed by atoms with Gasteiger partial charge in [-0.15, -0.1) is 0 Å². The third-order valence-electron chi connectivity index (χ3n) is 7.04. The number of benzene rings is 4. The summed E-state index contributed by atoms with van der Waals surface area (Å²) in [5.74, 6) is -1.19. The van der Waals surface area contributed by atoms with Gasteiger partial charge < -0.3 is 10.2 Å². The van der Waals surface area contributed by atoms with Gasteiger partial charge in [-0.05, 0) is 62.2 Å². The van der Waals surface area contributed by atoms with Gasteiger partial charge in [0.25, 0.3) is 15.7 Å². The summed E-state index contributed by atoms with van der Waals surface area (Å²) in [5.41, 5.74) is 0.200. The summed E-state index contributed by atoms with van der Waals surface area (Å²) < 4.78 is 29.0. The number of non-ortho nitro benzene ring substituents is 1. The van der Waals surface area contributed by atoms with E-state index in [1.807, 2.05) is 51.1 Å². The number of nitrogens with one attached hydrogen (secondary N) is 1. The number of halogens is 2. The van der Waals surface area contributed by atoms with Crippen molar-refractivity contribution >= 4 is 56.4 Å². The van der Waals surface area contributed by atoms with Crippen LogP contribution in [0.3, 0.4) is 0 Å². The zero-order valence-electron chi connectivity index (χ0n) is 26.0.